The molecule has 0 atom stereocenters. The number of hydrogen-bond acceptors (Lipinski definition) is 3. The van der Waals surface area contributed by atoms with Crippen molar-refractivity contribution in [2.45, 2.75) is 19.3 Å². The highest BCUT2D eigenvalue weighted by Crippen LogP contribution is 2.37. The molecule has 1 heterocycles. The minimum atomic E-state index is -0.0176. The van der Waals surface area contributed by atoms with Gasteiger partial charge in [-0.2, -0.15) is 0 Å². The Balaban J connectivity index is 1.59. The number of aryl methyl sites for hydroxylation is 2. The Morgan fingerprint density at radius 1 is 0.867 bits per heavy atom. The van der Waals surface area contributed by atoms with Crippen molar-refractivity contribution in [3.63, 3.8) is 0 Å². The summed E-state index contributed by atoms with van der Waals surface area (Å²) in [6, 6.07) is 23.9. The number of para-hydroxylation sites is 2. The van der Waals surface area contributed by atoms with Crippen LogP contribution in [0.1, 0.15) is 27.9 Å². The third-order valence-electron chi connectivity index (χ3n) is 5.45. The Morgan fingerprint density at radius 2 is 1.43 bits per heavy atom. The lowest BCUT2D eigenvalue weighted by atomic mass is 10.0. The maximum Gasteiger partial charge on any atom is 0.262 e. The largest absolute Gasteiger partial charge is 0.494 e. The molecule has 1 aliphatic rings. The first-order valence-electron chi connectivity index (χ1n) is 10.5. The number of benzene rings is 3. The van der Waals surface area contributed by atoms with Gasteiger partial charge in [-0.25, -0.2) is 0 Å². The van der Waals surface area contributed by atoms with Crippen LogP contribution in [0.25, 0.3) is 0 Å². The van der Waals surface area contributed by atoms with Crippen LogP contribution in [-0.2, 0) is 12.8 Å². The van der Waals surface area contributed by atoms with Crippen LogP contribution in [0.4, 0.5) is 11.4 Å². The number of hydrogen-bond donors (Lipinski definition) is 0. The van der Waals surface area contributed by atoms with E-state index in [1.807, 2.05) is 65.6 Å². The van der Waals surface area contributed by atoms with E-state index in [-0.39, 0.29) is 5.91 Å². The Bertz CT molecular complexity index is 964. The van der Waals surface area contributed by atoms with Crippen LogP contribution < -0.4 is 9.64 Å². The summed E-state index contributed by atoms with van der Waals surface area (Å²) in [4.78, 5) is 17.6. The van der Waals surface area contributed by atoms with E-state index in [4.69, 9.17) is 4.74 Å². The van der Waals surface area contributed by atoms with Gasteiger partial charge >= 0.3 is 0 Å². The van der Waals surface area contributed by atoms with E-state index in [0.717, 1.165) is 42.9 Å². The number of anilines is 2. The summed E-state index contributed by atoms with van der Waals surface area (Å²) < 4.78 is 5.82. The van der Waals surface area contributed by atoms with Crippen LogP contribution >= 0.6 is 0 Å². The molecule has 3 aromatic rings. The molecule has 30 heavy (non-hydrogen) atoms. The molecule has 0 aromatic heterocycles. The molecule has 4 heteroatoms. The zero-order valence-corrected chi connectivity index (χ0v) is 17.7. The third-order valence-corrected chi connectivity index (χ3v) is 5.45. The average Bonchev–Trinajstić information content (AvgIpc) is 2.93. The van der Waals surface area contributed by atoms with Gasteiger partial charge in [-0.15, -0.1) is 0 Å². The van der Waals surface area contributed by atoms with Gasteiger partial charge in [0.1, 0.15) is 5.75 Å². The Morgan fingerprint density at radius 3 is 2.00 bits per heavy atom. The summed E-state index contributed by atoms with van der Waals surface area (Å²) in [7, 11) is 4.11. The standard InChI is InChI=1S/C26H28N2O2/c1-27(2)18-7-19-30-23-16-14-22(15-17-23)26(29)28-24-10-5-3-8-20(24)12-13-21-9-4-6-11-25(21)28/h3-6,8-11,14-17H,7,12-13,18-19H2,1-2H3. The molecule has 4 nitrogen and oxygen atoms in total. The molecule has 0 saturated carbocycles. The van der Waals surface area contributed by atoms with Crippen LogP contribution in [0.3, 0.4) is 0 Å². The molecule has 1 amide bonds. The fourth-order valence-corrected chi connectivity index (χ4v) is 3.89. The second kappa shape index (κ2) is 9.14. The fourth-order valence-electron chi connectivity index (χ4n) is 3.89. The zero-order chi connectivity index (χ0) is 20.9. The Kier molecular flexibility index (Phi) is 6.15. The number of nitrogens with zero attached hydrogens (tertiary/aromatic N) is 2. The van der Waals surface area contributed by atoms with Crippen LogP contribution in [0, 0.1) is 0 Å². The molecule has 1 aliphatic heterocycles. The fraction of sp³-hybridized carbons (Fsp3) is 0.269. The average molecular weight is 401 g/mol. The molecule has 0 fully saturated rings. The van der Waals surface area contributed by atoms with Gasteiger partial charge in [0.15, 0.2) is 0 Å². The van der Waals surface area contributed by atoms with Gasteiger partial charge in [-0.05, 0) is 80.9 Å². The highest BCUT2D eigenvalue weighted by molar-refractivity contribution is 6.12. The van der Waals surface area contributed by atoms with E-state index in [1.54, 1.807) is 0 Å². The van der Waals surface area contributed by atoms with Gasteiger partial charge in [0, 0.05) is 12.1 Å². The lowest BCUT2D eigenvalue weighted by molar-refractivity contribution is 0.0999. The Hall–Kier alpha value is -3.11. The summed E-state index contributed by atoms with van der Waals surface area (Å²) in [6.07, 6.45) is 2.82. The summed E-state index contributed by atoms with van der Waals surface area (Å²) in [5, 5.41) is 0. The number of rotatable bonds is 6. The van der Waals surface area contributed by atoms with Crippen molar-refractivity contribution >= 4 is 17.3 Å². The first kappa shape index (κ1) is 20.2. The van der Waals surface area contributed by atoms with Crippen molar-refractivity contribution in [1.29, 1.82) is 0 Å². The topological polar surface area (TPSA) is 32.8 Å². The molecule has 0 spiro atoms. The molecule has 0 N–H and O–H groups in total. The van der Waals surface area contributed by atoms with Crippen LogP contribution in [0.15, 0.2) is 72.8 Å². The van der Waals surface area contributed by atoms with Crippen molar-refractivity contribution in [2.24, 2.45) is 0 Å². The van der Waals surface area contributed by atoms with E-state index in [1.165, 1.54) is 11.1 Å². The second-order valence-electron chi connectivity index (χ2n) is 7.93. The van der Waals surface area contributed by atoms with Crippen LogP contribution in [-0.4, -0.2) is 38.1 Å². The lowest BCUT2D eigenvalue weighted by Crippen LogP contribution is -2.26. The van der Waals surface area contributed by atoms with E-state index in [9.17, 15) is 4.79 Å². The van der Waals surface area contributed by atoms with E-state index < -0.39 is 0 Å². The first-order valence-corrected chi connectivity index (χ1v) is 10.5. The first-order chi connectivity index (χ1) is 14.6. The van der Waals surface area contributed by atoms with Crippen molar-refractivity contribution in [3.8, 4) is 5.75 Å². The van der Waals surface area contributed by atoms with Crippen molar-refractivity contribution in [1.82, 2.24) is 4.90 Å². The predicted octanol–water partition coefficient (Wildman–Crippen LogP) is 5.09. The molecule has 0 saturated heterocycles. The number of ether oxygens (including phenoxy) is 1. The quantitative estimate of drug-likeness (QED) is 0.540. The summed E-state index contributed by atoms with van der Waals surface area (Å²) in [5.41, 5.74) is 4.99. The maximum atomic E-state index is 13.6. The summed E-state index contributed by atoms with van der Waals surface area (Å²) in [6.45, 7) is 1.66. The van der Waals surface area contributed by atoms with Crippen molar-refractivity contribution < 1.29 is 9.53 Å². The van der Waals surface area contributed by atoms with Gasteiger partial charge in [-0.1, -0.05) is 36.4 Å². The molecular formula is C26H28N2O2. The van der Waals surface area contributed by atoms with E-state index in [2.05, 4.69) is 31.1 Å². The van der Waals surface area contributed by atoms with Crippen molar-refractivity contribution in [2.75, 3.05) is 32.1 Å². The molecule has 4 rings (SSSR count). The monoisotopic (exact) mass is 400 g/mol. The molecule has 0 aliphatic carbocycles. The number of fused-ring (bicyclic) bond motifs is 2. The zero-order valence-electron chi connectivity index (χ0n) is 17.7. The third kappa shape index (κ3) is 4.39. The van der Waals surface area contributed by atoms with Gasteiger partial charge < -0.3 is 9.64 Å². The van der Waals surface area contributed by atoms with Crippen molar-refractivity contribution in [3.05, 3.63) is 89.5 Å². The second-order valence-corrected chi connectivity index (χ2v) is 7.93. The molecular weight excluding hydrogens is 372 g/mol. The molecule has 0 bridgehead atoms. The van der Waals surface area contributed by atoms with Gasteiger partial charge in [0.25, 0.3) is 5.91 Å². The van der Waals surface area contributed by atoms with Gasteiger partial charge in [0.2, 0.25) is 0 Å². The number of carbonyl (C=O) groups excluding carboxylic acids is 1. The molecule has 0 unspecified atom stereocenters. The Labute approximate surface area is 178 Å². The van der Waals surface area contributed by atoms with E-state index >= 15 is 0 Å². The molecule has 154 valence electrons. The van der Waals surface area contributed by atoms with Crippen LogP contribution in [0.5, 0.6) is 5.75 Å². The number of carbonyl (C=O) groups is 1. The smallest absolute Gasteiger partial charge is 0.262 e. The highest BCUT2D eigenvalue weighted by Gasteiger charge is 2.26. The minimum absolute atomic E-state index is 0.0176. The molecule has 3 aromatic carbocycles. The van der Waals surface area contributed by atoms with Gasteiger partial charge in [-0.3, -0.25) is 9.69 Å². The lowest BCUT2D eigenvalue weighted by Gasteiger charge is -2.25. The minimum Gasteiger partial charge on any atom is -0.494 e. The normalized spacial score (nSPS) is 12.8. The summed E-state index contributed by atoms with van der Waals surface area (Å²) in [5.74, 6) is 0.776. The maximum absolute atomic E-state index is 13.6. The number of amides is 1. The van der Waals surface area contributed by atoms with Gasteiger partial charge in [0.05, 0.1) is 18.0 Å². The predicted molar refractivity (Wildman–Crippen MR) is 122 cm³/mol. The van der Waals surface area contributed by atoms with E-state index in [0.29, 0.717) is 12.2 Å². The highest BCUT2D eigenvalue weighted by atomic mass is 16.5. The van der Waals surface area contributed by atoms with Crippen LogP contribution in [0.2, 0.25) is 0 Å². The summed E-state index contributed by atoms with van der Waals surface area (Å²) >= 11 is 0. The molecule has 0 radical (unpaired) electrons. The SMILES string of the molecule is CN(C)CCCOc1ccc(C(=O)N2c3ccccc3CCc3ccccc32)cc1.